The number of hydrogen-bond acceptors (Lipinski definition) is 5. The maximum absolute atomic E-state index is 13.0. The summed E-state index contributed by atoms with van der Waals surface area (Å²) in [4.78, 5) is 26.9. The van der Waals surface area contributed by atoms with Crippen molar-refractivity contribution in [2.45, 2.75) is 58.8 Å². The maximum Gasteiger partial charge on any atom is 0.410 e. The molecule has 0 aliphatic heterocycles. The van der Waals surface area contributed by atoms with Crippen molar-refractivity contribution >= 4 is 34.6 Å². The molecule has 1 amide bonds. The summed E-state index contributed by atoms with van der Waals surface area (Å²) in [5.74, 6) is -0.350. The van der Waals surface area contributed by atoms with Gasteiger partial charge in [-0.15, -0.1) is 0 Å². The standard InChI is InChI=1S/C34H39ClN2O5/c1-22(2)37-20-29(32(39)41-6)28-15-14-25(19-30(28)37)24-12-10-23(11-13-24)16-17-36(33(40)42-34(3,4)5)21-31(38)26-8-7-9-27(35)18-26/h7-15,18-20,22,31,38H,16-17,21H2,1-6H3/t31-/m1/s1. The predicted molar refractivity (Wildman–Crippen MR) is 167 cm³/mol. The van der Waals surface area contributed by atoms with Gasteiger partial charge < -0.3 is 24.0 Å². The lowest BCUT2D eigenvalue weighted by Crippen LogP contribution is -2.40. The molecule has 0 saturated carbocycles. The van der Waals surface area contributed by atoms with Crippen LogP contribution in [0.15, 0.2) is 72.9 Å². The number of benzene rings is 3. The molecule has 0 saturated heterocycles. The number of aliphatic hydroxyl groups is 1. The topological polar surface area (TPSA) is 81.0 Å². The summed E-state index contributed by atoms with van der Waals surface area (Å²) >= 11 is 6.11. The van der Waals surface area contributed by atoms with Gasteiger partial charge in [0.15, 0.2) is 0 Å². The second-order valence-corrected chi connectivity index (χ2v) is 12.1. The lowest BCUT2D eigenvalue weighted by Gasteiger charge is -2.29. The van der Waals surface area contributed by atoms with E-state index in [1.54, 1.807) is 24.3 Å². The summed E-state index contributed by atoms with van der Waals surface area (Å²) in [7, 11) is 1.39. The van der Waals surface area contributed by atoms with E-state index in [1.165, 1.54) is 12.0 Å². The number of nitrogens with zero attached hydrogens (tertiary/aromatic N) is 2. The molecule has 42 heavy (non-hydrogen) atoms. The molecule has 4 rings (SSSR count). The van der Waals surface area contributed by atoms with Gasteiger partial charge in [-0.1, -0.05) is 60.1 Å². The van der Waals surface area contributed by atoms with Gasteiger partial charge in [-0.05, 0) is 81.5 Å². The SMILES string of the molecule is COC(=O)c1cn(C(C)C)c2cc(-c3ccc(CCN(C[C@@H](O)c4cccc(Cl)c4)C(=O)OC(C)(C)C)cc3)ccc12. The molecule has 0 bridgehead atoms. The molecule has 1 aromatic heterocycles. The van der Waals surface area contributed by atoms with Gasteiger partial charge in [0.05, 0.1) is 25.3 Å². The van der Waals surface area contributed by atoms with E-state index in [2.05, 4.69) is 36.6 Å². The average Bonchev–Trinajstić information content (AvgIpc) is 3.33. The highest BCUT2D eigenvalue weighted by Crippen LogP contribution is 2.30. The van der Waals surface area contributed by atoms with Crippen LogP contribution in [-0.2, 0) is 15.9 Å². The van der Waals surface area contributed by atoms with Crippen LogP contribution < -0.4 is 0 Å². The zero-order valence-electron chi connectivity index (χ0n) is 25.1. The first kappa shape index (κ1) is 31.1. The van der Waals surface area contributed by atoms with E-state index in [9.17, 15) is 14.7 Å². The molecule has 0 radical (unpaired) electrons. The Morgan fingerprint density at radius 1 is 1.00 bits per heavy atom. The normalized spacial score (nSPS) is 12.4. The molecular weight excluding hydrogens is 552 g/mol. The molecule has 0 spiro atoms. The van der Waals surface area contributed by atoms with Crippen LogP contribution in [0.5, 0.6) is 0 Å². The largest absolute Gasteiger partial charge is 0.465 e. The number of esters is 1. The third-order valence-corrected chi connectivity index (χ3v) is 7.27. The van der Waals surface area contributed by atoms with Crippen LogP contribution in [0.25, 0.3) is 22.0 Å². The number of aliphatic hydroxyl groups excluding tert-OH is 1. The van der Waals surface area contributed by atoms with Gasteiger partial charge in [0, 0.05) is 34.7 Å². The highest BCUT2D eigenvalue weighted by Gasteiger charge is 2.25. The van der Waals surface area contributed by atoms with Crippen LogP contribution in [0.1, 0.15) is 68.2 Å². The molecule has 0 aliphatic carbocycles. The van der Waals surface area contributed by atoms with E-state index >= 15 is 0 Å². The Kier molecular flexibility index (Phi) is 9.64. The van der Waals surface area contributed by atoms with Crippen LogP contribution in [-0.4, -0.2) is 52.4 Å². The molecule has 4 aromatic rings. The molecule has 0 fully saturated rings. The van der Waals surface area contributed by atoms with Gasteiger partial charge in [-0.3, -0.25) is 0 Å². The lowest BCUT2D eigenvalue weighted by molar-refractivity contribution is 0.0147. The fourth-order valence-corrected chi connectivity index (χ4v) is 5.07. The molecule has 0 aliphatic rings. The summed E-state index contributed by atoms with van der Waals surface area (Å²) in [6, 6.07) is 21.4. The third-order valence-electron chi connectivity index (χ3n) is 7.03. The zero-order valence-corrected chi connectivity index (χ0v) is 25.8. The number of carbonyl (C=O) groups is 2. The van der Waals surface area contributed by atoms with Crippen molar-refractivity contribution in [3.05, 3.63) is 94.6 Å². The molecule has 1 atom stereocenters. The number of ether oxygens (including phenoxy) is 2. The monoisotopic (exact) mass is 590 g/mol. The minimum absolute atomic E-state index is 0.0798. The first-order valence-electron chi connectivity index (χ1n) is 14.1. The van der Waals surface area contributed by atoms with Crippen LogP contribution in [0, 0.1) is 0 Å². The van der Waals surface area contributed by atoms with E-state index < -0.39 is 17.8 Å². The van der Waals surface area contributed by atoms with Gasteiger partial charge in [0.25, 0.3) is 0 Å². The van der Waals surface area contributed by atoms with Gasteiger partial charge in [0.2, 0.25) is 0 Å². The predicted octanol–water partition coefficient (Wildman–Crippen LogP) is 7.84. The number of halogens is 1. The Bertz CT molecular complexity index is 1550. The quantitative estimate of drug-likeness (QED) is 0.201. The van der Waals surface area contributed by atoms with Crippen LogP contribution in [0.4, 0.5) is 4.79 Å². The fourth-order valence-electron chi connectivity index (χ4n) is 4.87. The molecule has 7 nitrogen and oxygen atoms in total. The number of hydrogen-bond donors (Lipinski definition) is 1. The minimum Gasteiger partial charge on any atom is -0.465 e. The molecule has 1 heterocycles. The summed E-state index contributed by atoms with van der Waals surface area (Å²) in [5.41, 5.74) is 4.62. The number of rotatable bonds is 9. The number of carbonyl (C=O) groups excluding carboxylic acids is 2. The first-order valence-corrected chi connectivity index (χ1v) is 14.5. The zero-order chi connectivity index (χ0) is 30.6. The third kappa shape index (κ3) is 7.52. The lowest BCUT2D eigenvalue weighted by atomic mass is 10.0. The average molecular weight is 591 g/mol. The highest BCUT2D eigenvalue weighted by molar-refractivity contribution is 6.30. The van der Waals surface area contributed by atoms with E-state index in [-0.39, 0.29) is 18.6 Å². The smallest absolute Gasteiger partial charge is 0.410 e. The van der Waals surface area contributed by atoms with Gasteiger partial charge in [0.1, 0.15) is 5.60 Å². The van der Waals surface area contributed by atoms with Gasteiger partial charge in [-0.25, -0.2) is 9.59 Å². The van der Waals surface area contributed by atoms with E-state index in [0.717, 1.165) is 27.6 Å². The van der Waals surface area contributed by atoms with Crippen molar-refractivity contribution in [2.24, 2.45) is 0 Å². The summed E-state index contributed by atoms with van der Waals surface area (Å²) in [5, 5.41) is 12.2. The van der Waals surface area contributed by atoms with Crippen molar-refractivity contribution in [3.8, 4) is 11.1 Å². The van der Waals surface area contributed by atoms with Crippen LogP contribution in [0.3, 0.4) is 0 Å². The second kappa shape index (κ2) is 13.0. The van der Waals surface area contributed by atoms with Crippen molar-refractivity contribution in [1.82, 2.24) is 9.47 Å². The van der Waals surface area contributed by atoms with Crippen molar-refractivity contribution in [2.75, 3.05) is 20.2 Å². The highest BCUT2D eigenvalue weighted by atomic mass is 35.5. The number of fused-ring (bicyclic) bond motifs is 1. The molecule has 3 aromatic carbocycles. The van der Waals surface area contributed by atoms with Crippen LogP contribution in [0.2, 0.25) is 5.02 Å². The second-order valence-electron chi connectivity index (χ2n) is 11.7. The molecule has 1 N–H and O–H groups in total. The summed E-state index contributed by atoms with van der Waals surface area (Å²) in [6.07, 6.45) is 1.05. The first-order chi connectivity index (χ1) is 19.9. The Morgan fingerprint density at radius 2 is 1.69 bits per heavy atom. The number of methoxy groups -OCH3 is 1. The fraction of sp³-hybridized carbons (Fsp3) is 0.353. The summed E-state index contributed by atoms with van der Waals surface area (Å²) < 4.78 is 12.7. The molecular formula is C34H39ClN2O5. The maximum atomic E-state index is 13.0. The molecule has 8 heteroatoms. The summed E-state index contributed by atoms with van der Waals surface area (Å²) in [6.45, 7) is 10.1. The van der Waals surface area contributed by atoms with Crippen molar-refractivity contribution < 1.29 is 24.2 Å². The van der Waals surface area contributed by atoms with E-state index in [1.807, 2.05) is 51.2 Å². The molecule has 0 unspecified atom stereocenters. The van der Waals surface area contributed by atoms with Crippen LogP contribution >= 0.6 is 11.6 Å². The molecule has 222 valence electrons. The van der Waals surface area contributed by atoms with Crippen molar-refractivity contribution in [1.29, 1.82) is 0 Å². The Balaban J connectivity index is 1.52. The number of amides is 1. The van der Waals surface area contributed by atoms with Crippen molar-refractivity contribution in [3.63, 3.8) is 0 Å². The van der Waals surface area contributed by atoms with E-state index in [0.29, 0.717) is 29.1 Å². The Labute approximate surface area is 252 Å². The van der Waals surface area contributed by atoms with Gasteiger partial charge in [-0.2, -0.15) is 0 Å². The number of aromatic nitrogens is 1. The Hall–Kier alpha value is -3.81. The van der Waals surface area contributed by atoms with E-state index in [4.69, 9.17) is 21.1 Å². The minimum atomic E-state index is -0.905. The Morgan fingerprint density at radius 3 is 2.31 bits per heavy atom. The van der Waals surface area contributed by atoms with Gasteiger partial charge >= 0.3 is 12.1 Å².